The molecular formula is C9H17N. The number of nitrogens with zero attached hydrogens (tertiary/aromatic N) is 1. The first kappa shape index (κ1) is 7.77. The molecule has 0 aliphatic carbocycles. The van der Waals surface area contributed by atoms with Crippen LogP contribution in [0.2, 0.25) is 0 Å². The van der Waals surface area contributed by atoms with E-state index in [1.807, 2.05) is 0 Å². The van der Waals surface area contributed by atoms with Crippen LogP contribution in [-0.4, -0.2) is 11.8 Å². The quantitative estimate of drug-likeness (QED) is 0.557. The molecule has 0 amide bonds. The van der Waals surface area contributed by atoms with Crippen molar-refractivity contribution in [3.05, 3.63) is 0 Å². The molecule has 1 rings (SSSR count). The lowest BCUT2D eigenvalue weighted by molar-refractivity contribution is 0.311. The average Bonchev–Trinajstić information content (AvgIpc) is 2.32. The molecule has 1 aliphatic rings. The predicted octanol–water partition coefficient (Wildman–Crippen LogP) is 2.66. The molecule has 0 N–H and O–H groups in total. The van der Waals surface area contributed by atoms with Crippen LogP contribution in [0.5, 0.6) is 0 Å². The molecule has 0 aromatic carbocycles. The van der Waals surface area contributed by atoms with Gasteiger partial charge in [-0.05, 0) is 31.9 Å². The lowest BCUT2D eigenvalue weighted by atomic mass is 9.83. The molecule has 1 heteroatoms. The second-order valence-corrected chi connectivity index (χ2v) is 3.36. The Hall–Kier alpha value is -0.330. The molecule has 0 radical (unpaired) electrons. The monoisotopic (exact) mass is 139 g/mol. The Bertz CT molecular complexity index is 140. The van der Waals surface area contributed by atoms with Crippen molar-refractivity contribution in [3.63, 3.8) is 0 Å². The third kappa shape index (κ3) is 1.09. The lowest BCUT2D eigenvalue weighted by Gasteiger charge is -2.26. The second-order valence-electron chi connectivity index (χ2n) is 3.36. The van der Waals surface area contributed by atoms with Crippen LogP contribution >= 0.6 is 0 Å². The van der Waals surface area contributed by atoms with Crippen molar-refractivity contribution in [3.8, 4) is 0 Å². The van der Waals surface area contributed by atoms with E-state index in [9.17, 15) is 0 Å². The van der Waals surface area contributed by atoms with Gasteiger partial charge in [0.1, 0.15) is 0 Å². The highest BCUT2D eigenvalue weighted by atomic mass is 14.9. The first-order valence-electron chi connectivity index (χ1n) is 4.26. The van der Waals surface area contributed by atoms with E-state index in [1.165, 1.54) is 19.3 Å². The Morgan fingerprint density at radius 2 is 2.30 bits per heavy atom. The van der Waals surface area contributed by atoms with E-state index in [4.69, 9.17) is 0 Å². The van der Waals surface area contributed by atoms with E-state index in [2.05, 4.69) is 32.0 Å². The van der Waals surface area contributed by atoms with Crippen molar-refractivity contribution in [2.24, 2.45) is 10.9 Å². The van der Waals surface area contributed by atoms with Gasteiger partial charge in [-0.15, -0.1) is 0 Å². The fourth-order valence-electron chi connectivity index (χ4n) is 1.73. The summed E-state index contributed by atoms with van der Waals surface area (Å²) in [6, 6.07) is 0. The molecule has 1 aliphatic heterocycles. The summed E-state index contributed by atoms with van der Waals surface area (Å²) in [5.74, 6) is 0.803. The van der Waals surface area contributed by atoms with Gasteiger partial charge in [0.2, 0.25) is 0 Å². The maximum atomic E-state index is 4.51. The Morgan fingerprint density at radius 1 is 1.60 bits per heavy atom. The van der Waals surface area contributed by atoms with Crippen molar-refractivity contribution in [2.45, 2.75) is 45.6 Å². The number of rotatable bonds is 2. The van der Waals surface area contributed by atoms with Gasteiger partial charge in [-0.3, -0.25) is 4.99 Å². The molecule has 2 unspecified atom stereocenters. The maximum absolute atomic E-state index is 4.51. The molecule has 0 fully saturated rings. The van der Waals surface area contributed by atoms with E-state index < -0.39 is 0 Å². The average molecular weight is 139 g/mol. The van der Waals surface area contributed by atoms with Gasteiger partial charge >= 0.3 is 0 Å². The zero-order valence-electron chi connectivity index (χ0n) is 7.22. The van der Waals surface area contributed by atoms with Crippen LogP contribution in [-0.2, 0) is 0 Å². The van der Waals surface area contributed by atoms with Crippen LogP contribution in [0.4, 0.5) is 0 Å². The van der Waals surface area contributed by atoms with E-state index in [1.54, 1.807) is 0 Å². The van der Waals surface area contributed by atoms with Gasteiger partial charge in [0.25, 0.3) is 0 Å². The minimum absolute atomic E-state index is 0.273. The summed E-state index contributed by atoms with van der Waals surface area (Å²) in [6.07, 6.45) is 5.74. The van der Waals surface area contributed by atoms with Gasteiger partial charge in [0.05, 0.1) is 5.54 Å². The summed E-state index contributed by atoms with van der Waals surface area (Å²) in [6.45, 7) is 6.75. The van der Waals surface area contributed by atoms with Gasteiger partial charge in [-0.2, -0.15) is 0 Å². The van der Waals surface area contributed by atoms with Gasteiger partial charge < -0.3 is 0 Å². The minimum Gasteiger partial charge on any atom is -0.291 e. The zero-order valence-corrected chi connectivity index (χ0v) is 7.22. The highest BCUT2D eigenvalue weighted by Gasteiger charge is 2.32. The third-order valence-corrected chi connectivity index (χ3v) is 2.86. The Kier molecular flexibility index (Phi) is 2.12. The standard InChI is InChI=1S/C9H17N/c1-4-8-6-7-10-9(8,3)5-2/h7-8H,4-6H2,1-3H3. The Morgan fingerprint density at radius 3 is 2.70 bits per heavy atom. The van der Waals surface area contributed by atoms with Gasteiger partial charge in [0, 0.05) is 0 Å². The predicted molar refractivity (Wildman–Crippen MR) is 45.6 cm³/mol. The van der Waals surface area contributed by atoms with E-state index in [0.29, 0.717) is 0 Å². The van der Waals surface area contributed by atoms with Crippen LogP contribution in [0.25, 0.3) is 0 Å². The normalized spacial score (nSPS) is 38.9. The molecule has 1 heterocycles. The van der Waals surface area contributed by atoms with Gasteiger partial charge in [-0.25, -0.2) is 0 Å². The number of hydrogen-bond acceptors (Lipinski definition) is 1. The lowest BCUT2D eigenvalue weighted by Crippen LogP contribution is -2.27. The van der Waals surface area contributed by atoms with Gasteiger partial charge in [-0.1, -0.05) is 20.3 Å². The first-order valence-corrected chi connectivity index (χ1v) is 4.26. The SMILES string of the molecule is CCC1CC=NC1(C)CC. The van der Waals surface area contributed by atoms with E-state index in [-0.39, 0.29) is 5.54 Å². The number of hydrogen-bond donors (Lipinski definition) is 0. The maximum Gasteiger partial charge on any atom is 0.0605 e. The minimum atomic E-state index is 0.273. The highest BCUT2D eigenvalue weighted by molar-refractivity contribution is 5.61. The van der Waals surface area contributed by atoms with Crippen LogP contribution in [0.1, 0.15) is 40.0 Å². The molecule has 0 spiro atoms. The van der Waals surface area contributed by atoms with E-state index in [0.717, 1.165) is 5.92 Å². The van der Waals surface area contributed by atoms with Gasteiger partial charge in [0.15, 0.2) is 0 Å². The molecule has 58 valence electrons. The van der Waals surface area contributed by atoms with Crippen molar-refractivity contribution >= 4 is 6.21 Å². The molecular weight excluding hydrogens is 122 g/mol. The third-order valence-electron chi connectivity index (χ3n) is 2.86. The summed E-state index contributed by atoms with van der Waals surface area (Å²) in [5.41, 5.74) is 0.273. The van der Waals surface area contributed by atoms with Crippen LogP contribution in [0, 0.1) is 5.92 Å². The molecule has 2 atom stereocenters. The summed E-state index contributed by atoms with van der Waals surface area (Å²) in [4.78, 5) is 4.51. The number of aliphatic imine (C=N–C) groups is 1. The molecule has 1 nitrogen and oxygen atoms in total. The van der Waals surface area contributed by atoms with Crippen molar-refractivity contribution in [1.29, 1.82) is 0 Å². The summed E-state index contributed by atoms with van der Waals surface area (Å²) < 4.78 is 0. The molecule has 0 saturated heterocycles. The zero-order chi connectivity index (χ0) is 7.61. The molecule has 0 bridgehead atoms. The Balaban J connectivity index is 2.64. The van der Waals surface area contributed by atoms with Crippen molar-refractivity contribution in [2.75, 3.05) is 0 Å². The van der Waals surface area contributed by atoms with E-state index >= 15 is 0 Å². The van der Waals surface area contributed by atoms with Crippen molar-refractivity contribution in [1.82, 2.24) is 0 Å². The molecule has 0 saturated carbocycles. The largest absolute Gasteiger partial charge is 0.291 e. The molecule has 0 aromatic heterocycles. The second kappa shape index (κ2) is 2.73. The fraction of sp³-hybridized carbons (Fsp3) is 0.889. The smallest absolute Gasteiger partial charge is 0.0605 e. The summed E-state index contributed by atoms with van der Waals surface area (Å²) in [7, 11) is 0. The topological polar surface area (TPSA) is 12.4 Å². The first-order chi connectivity index (χ1) is 4.73. The van der Waals surface area contributed by atoms with Crippen LogP contribution in [0.15, 0.2) is 4.99 Å². The molecule has 0 aromatic rings. The van der Waals surface area contributed by atoms with Crippen LogP contribution in [0.3, 0.4) is 0 Å². The molecule has 10 heavy (non-hydrogen) atoms. The highest BCUT2D eigenvalue weighted by Crippen LogP contribution is 2.34. The Labute approximate surface area is 63.5 Å². The summed E-state index contributed by atoms with van der Waals surface area (Å²) in [5, 5.41) is 0. The summed E-state index contributed by atoms with van der Waals surface area (Å²) >= 11 is 0. The van der Waals surface area contributed by atoms with Crippen molar-refractivity contribution < 1.29 is 0 Å². The van der Waals surface area contributed by atoms with Crippen LogP contribution < -0.4 is 0 Å². The fourth-order valence-corrected chi connectivity index (χ4v) is 1.73.